The number of sulfonamides is 1. The largest absolute Gasteiger partial charge is 0.266 e. The van der Waals surface area contributed by atoms with Gasteiger partial charge in [-0.15, -0.1) is 0 Å². The van der Waals surface area contributed by atoms with Crippen LogP contribution in [0.3, 0.4) is 0 Å². The normalized spacial score (nSPS) is 17.0. The molecule has 0 amide bonds. The second-order valence-electron chi connectivity index (χ2n) is 5.53. The number of aromatic amines is 1. The smallest absolute Gasteiger partial charge is 0.260 e. The summed E-state index contributed by atoms with van der Waals surface area (Å²) < 4.78 is 27.2. The standard InChI is InChI=1S/C15H19N3O2S/c1-12(14-7-8-14)18(11-13-5-3-2-4-6-13)21(19,20)15-9-10-16-17-15/h2-6,9-10,12,14H,7-8,11H2,1H3,(H,16,17). The first-order valence-electron chi connectivity index (χ1n) is 7.14. The van der Waals surface area contributed by atoms with Crippen molar-refractivity contribution in [3.05, 3.63) is 48.2 Å². The van der Waals surface area contributed by atoms with Gasteiger partial charge in [0.2, 0.25) is 0 Å². The molecule has 1 heterocycles. The highest BCUT2D eigenvalue weighted by atomic mass is 32.2. The summed E-state index contributed by atoms with van der Waals surface area (Å²) in [7, 11) is -3.54. The van der Waals surface area contributed by atoms with Crippen molar-refractivity contribution in [2.45, 2.75) is 37.4 Å². The molecule has 3 rings (SSSR count). The zero-order chi connectivity index (χ0) is 14.9. The van der Waals surface area contributed by atoms with Gasteiger partial charge in [0.05, 0.1) is 6.20 Å². The molecule has 1 aliphatic carbocycles. The molecule has 1 fully saturated rings. The fraction of sp³-hybridized carbons (Fsp3) is 0.400. The van der Waals surface area contributed by atoms with Crippen molar-refractivity contribution in [3.63, 3.8) is 0 Å². The van der Waals surface area contributed by atoms with Crippen molar-refractivity contribution in [2.75, 3.05) is 0 Å². The lowest BCUT2D eigenvalue weighted by atomic mass is 10.2. The Morgan fingerprint density at radius 1 is 1.29 bits per heavy atom. The van der Waals surface area contributed by atoms with E-state index in [9.17, 15) is 8.42 Å². The van der Waals surface area contributed by atoms with Crippen LogP contribution >= 0.6 is 0 Å². The predicted molar refractivity (Wildman–Crippen MR) is 79.9 cm³/mol. The number of H-pyrrole nitrogens is 1. The van der Waals surface area contributed by atoms with Gasteiger partial charge >= 0.3 is 0 Å². The molecule has 1 aromatic heterocycles. The molecule has 1 aromatic carbocycles. The minimum Gasteiger partial charge on any atom is -0.266 e. The molecular weight excluding hydrogens is 286 g/mol. The Hall–Kier alpha value is -1.66. The third kappa shape index (κ3) is 3.01. The Morgan fingerprint density at radius 2 is 2.00 bits per heavy atom. The van der Waals surface area contributed by atoms with Crippen LogP contribution in [0.5, 0.6) is 0 Å². The van der Waals surface area contributed by atoms with Crippen molar-refractivity contribution in [2.24, 2.45) is 5.92 Å². The number of hydrogen-bond acceptors (Lipinski definition) is 3. The van der Waals surface area contributed by atoms with Gasteiger partial charge in [-0.25, -0.2) is 8.42 Å². The van der Waals surface area contributed by atoms with Crippen LogP contribution in [0.2, 0.25) is 0 Å². The number of aromatic nitrogens is 2. The molecule has 1 aliphatic rings. The molecule has 5 nitrogen and oxygen atoms in total. The van der Waals surface area contributed by atoms with E-state index in [4.69, 9.17) is 0 Å². The van der Waals surface area contributed by atoms with Gasteiger partial charge in [0.25, 0.3) is 10.0 Å². The molecule has 0 aliphatic heterocycles. The lowest BCUT2D eigenvalue weighted by molar-refractivity contribution is 0.302. The van der Waals surface area contributed by atoms with E-state index in [1.807, 2.05) is 37.3 Å². The van der Waals surface area contributed by atoms with Crippen molar-refractivity contribution >= 4 is 10.0 Å². The van der Waals surface area contributed by atoms with E-state index in [2.05, 4.69) is 10.2 Å². The van der Waals surface area contributed by atoms with E-state index >= 15 is 0 Å². The second-order valence-corrected chi connectivity index (χ2v) is 7.39. The Morgan fingerprint density at radius 3 is 2.57 bits per heavy atom. The van der Waals surface area contributed by atoms with Gasteiger partial charge < -0.3 is 0 Å². The van der Waals surface area contributed by atoms with Crippen LogP contribution in [-0.2, 0) is 16.6 Å². The summed E-state index contributed by atoms with van der Waals surface area (Å²) >= 11 is 0. The van der Waals surface area contributed by atoms with Crippen molar-refractivity contribution in [3.8, 4) is 0 Å². The average Bonchev–Trinajstić information content (AvgIpc) is 3.18. The number of benzene rings is 1. The van der Waals surface area contributed by atoms with Crippen LogP contribution in [0.1, 0.15) is 25.3 Å². The monoisotopic (exact) mass is 305 g/mol. The number of rotatable bonds is 6. The van der Waals surface area contributed by atoms with Gasteiger partial charge in [-0.3, -0.25) is 5.10 Å². The highest BCUT2D eigenvalue weighted by Gasteiger charge is 2.38. The molecule has 1 atom stereocenters. The van der Waals surface area contributed by atoms with E-state index in [-0.39, 0.29) is 11.1 Å². The number of nitrogens with zero attached hydrogens (tertiary/aromatic N) is 2. The van der Waals surface area contributed by atoms with Crippen molar-refractivity contribution in [1.82, 2.24) is 14.5 Å². The molecule has 6 heteroatoms. The summed E-state index contributed by atoms with van der Waals surface area (Å²) in [5, 5.41) is 6.50. The van der Waals surface area contributed by atoms with Crippen LogP contribution < -0.4 is 0 Å². The Kier molecular flexibility index (Phi) is 3.82. The summed E-state index contributed by atoms with van der Waals surface area (Å²) in [5.74, 6) is 0.464. The van der Waals surface area contributed by atoms with E-state index in [0.29, 0.717) is 12.5 Å². The fourth-order valence-electron chi connectivity index (χ4n) is 2.54. The molecule has 0 bridgehead atoms. The van der Waals surface area contributed by atoms with Gasteiger partial charge in [0, 0.05) is 12.6 Å². The van der Waals surface area contributed by atoms with E-state index in [0.717, 1.165) is 18.4 Å². The molecule has 1 N–H and O–H groups in total. The summed E-state index contributed by atoms with van der Waals surface area (Å²) in [4.78, 5) is 0. The number of nitrogens with one attached hydrogen (secondary N) is 1. The molecule has 2 aromatic rings. The molecule has 112 valence electrons. The maximum atomic E-state index is 12.8. The predicted octanol–water partition coefficient (Wildman–Crippen LogP) is 2.40. The highest BCUT2D eigenvalue weighted by molar-refractivity contribution is 7.89. The molecule has 0 saturated heterocycles. The van der Waals surface area contributed by atoms with Crippen molar-refractivity contribution < 1.29 is 8.42 Å². The van der Waals surface area contributed by atoms with Crippen LogP contribution in [0.15, 0.2) is 47.6 Å². The lowest BCUT2D eigenvalue weighted by Crippen LogP contribution is -2.39. The molecular formula is C15H19N3O2S. The first-order chi connectivity index (χ1) is 10.1. The summed E-state index contributed by atoms with van der Waals surface area (Å²) in [5.41, 5.74) is 0.994. The molecule has 1 saturated carbocycles. The van der Waals surface area contributed by atoms with E-state index in [1.165, 1.54) is 12.3 Å². The Bertz CT molecular complexity index is 679. The molecule has 21 heavy (non-hydrogen) atoms. The summed E-state index contributed by atoms with van der Waals surface area (Å²) in [6.45, 7) is 2.38. The molecule has 0 radical (unpaired) electrons. The SMILES string of the molecule is CC(C1CC1)N(Cc1ccccc1)S(=O)(=O)c1ccn[nH]1. The van der Waals surface area contributed by atoms with Gasteiger partial charge in [-0.1, -0.05) is 30.3 Å². The minimum absolute atomic E-state index is 0.00138. The third-order valence-corrected chi connectivity index (χ3v) is 5.86. The molecule has 1 unspecified atom stereocenters. The average molecular weight is 305 g/mol. The first kappa shape index (κ1) is 14.3. The number of hydrogen-bond donors (Lipinski definition) is 1. The van der Waals surface area contributed by atoms with Gasteiger partial charge in [0.1, 0.15) is 0 Å². The maximum Gasteiger partial charge on any atom is 0.260 e. The quantitative estimate of drug-likeness (QED) is 0.891. The van der Waals surface area contributed by atoms with Gasteiger partial charge in [-0.2, -0.15) is 9.40 Å². The van der Waals surface area contributed by atoms with Crippen molar-refractivity contribution in [1.29, 1.82) is 0 Å². The Labute approximate surface area is 125 Å². The van der Waals surface area contributed by atoms with E-state index < -0.39 is 10.0 Å². The molecule has 0 spiro atoms. The van der Waals surface area contributed by atoms with Crippen LogP contribution in [-0.4, -0.2) is 29.0 Å². The lowest BCUT2D eigenvalue weighted by Gasteiger charge is -2.28. The van der Waals surface area contributed by atoms with Gasteiger partial charge in [0.15, 0.2) is 5.03 Å². The van der Waals surface area contributed by atoms with E-state index in [1.54, 1.807) is 4.31 Å². The topological polar surface area (TPSA) is 66.1 Å². The Balaban J connectivity index is 1.92. The van der Waals surface area contributed by atoms with Crippen LogP contribution in [0.25, 0.3) is 0 Å². The maximum absolute atomic E-state index is 12.8. The zero-order valence-electron chi connectivity index (χ0n) is 11.9. The zero-order valence-corrected chi connectivity index (χ0v) is 12.8. The highest BCUT2D eigenvalue weighted by Crippen LogP contribution is 2.37. The summed E-state index contributed by atoms with van der Waals surface area (Å²) in [6.07, 6.45) is 3.67. The van der Waals surface area contributed by atoms with Crippen LogP contribution in [0.4, 0.5) is 0 Å². The van der Waals surface area contributed by atoms with Crippen LogP contribution in [0, 0.1) is 5.92 Å². The summed E-state index contributed by atoms with van der Waals surface area (Å²) in [6, 6.07) is 11.2. The minimum atomic E-state index is -3.54. The fourth-order valence-corrected chi connectivity index (χ4v) is 4.12. The third-order valence-electron chi connectivity index (χ3n) is 4.00. The first-order valence-corrected chi connectivity index (χ1v) is 8.58. The van der Waals surface area contributed by atoms with Gasteiger partial charge in [-0.05, 0) is 37.3 Å². The second kappa shape index (κ2) is 5.61.